The number of carbonyl (C=O) groups is 1. The molecule has 0 spiro atoms. The first-order chi connectivity index (χ1) is 13.1. The van der Waals surface area contributed by atoms with Crippen LogP contribution in [0.5, 0.6) is 5.75 Å². The van der Waals surface area contributed by atoms with Crippen LogP contribution in [0, 0.1) is 5.92 Å². The van der Waals surface area contributed by atoms with E-state index in [4.69, 9.17) is 4.74 Å². The van der Waals surface area contributed by atoms with Gasteiger partial charge >= 0.3 is 0 Å². The molecular weight excluding hydrogens is 352 g/mol. The quantitative estimate of drug-likeness (QED) is 0.342. The smallest absolute Gasteiger partial charge is 0.195 e. The first-order valence-electron chi connectivity index (χ1n) is 9.18. The van der Waals surface area contributed by atoms with Crippen molar-refractivity contribution in [1.82, 2.24) is 0 Å². The Balaban J connectivity index is 1.62. The molecule has 3 rings (SSSR count). The standard InChI is InChI=1S/C24H24O2S/c1-18(2)17-26-21-10-6-9-20(15-21)11-13-23(25)24-14-12-22(27-24)16-19-7-4-3-5-8-19/h3-15,18H,16-17H2,1-2H3/b13-11+. The summed E-state index contributed by atoms with van der Waals surface area (Å²) in [4.78, 5) is 14.4. The largest absolute Gasteiger partial charge is 0.493 e. The second kappa shape index (κ2) is 9.33. The number of allylic oxidation sites excluding steroid dienone is 1. The number of benzene rings is 2. The zero-order chi connectivity index (χ0) is 19.1. The van der Waals surface area contributed by atoms with Crippen molar-refractivity contribution in [2.75, 3.05) is 6.61 Å². The van der Waals surface area contributed by atoms with Crippen LogP contribution in [0.1, 0.15) is 39.5 Å². The molecule has 2 aromatic carbocycles. The average molecular weight is 377 g/mol. The van der Waals surface area contributed by atoms with Crippen molar-refractivity contribution in [3.8, 4) is 5.75 Å². The average Bonchev–Trinajstić information content (AvgIpc) is 3.14. The number of ketones is 1. The summed E-state index contributed by atoms with van der Waals surface area (Å²) in [5, 5.41) is 0. The molecule has 0 N–H and O–H groups in total. The molecule has 2 nitrogen and oxygen atoms in total. The third-order valence-electron chi connectivity index (χ3n) is 3.99. The van der Waals surface area contributed by atoms with E-state index in [9.17, 15) is 4.79 Å². The Morgan fingerprint density at radius 1 is 1.04 bits per heavy atom. The summed E-state index contributed by atoms with van der Waals surface area (Å²) in [7, 11) is 0. The van der Waals surface area contributed by atoms with Crippen molar-refractivity contribution in [3.05, 3.63) is 93.7 Å². The maximum absolute atomic E-state index is 12.5. The minimum Gasteiger partial charge on any atom is -0.493 e. The van der Waals surface area contributed by atoms with Crippen LogP contribution >= 0.6 is 11.3 Å². The van der Waals surface area contributed by atoms with Gasteiger partial charge in [-0.25, -0.2) is 0 Å². The predicted octanol–water partition coefficient (Wildman–Crippen LogP) is 6.27. The van der Waals surface area contributed by atoms with Gasteiger partial charge in [0.1, 0.15) is 5.75 Å². The molecule has 0 radical (unpaired) electrons. The highest BCUT2D eigenvalue weighted by Gasteiger charge is 2.07. The molecular formula is C24H24O2S. The van der Waals surface area contributed by atoms with E-state index in [1.165, 1.54) is 10.4 Å². The lowest BCUT2D eigenvalue weighted by Crippen LogP contribution is -2.04. The maximum Gasteiger partial charge on any atom is 0.195 e. The lowest BCUT2D eigenvalue weighted by molar-refractivity contribution is 0.105. The van der Waals surface area contributed by atoms with Crippen LogP contribution < -0.4 is 4.74 Å². The molecule has 0 bridgehead atoms. The lowest BCUT2D eigenvalue weighted by atomic mass is 10.1. The first kappa shape index (κ1) is 19.1. The van der Waals surface area contributed by atoms with Crippen LogP contribution in [0.15, 0.2) is 72.8 Å². The van der Waals surface area contributed by atoms with Gasteiger partial charge in [-0.2, -0.15) is 0 Å². The van der Waals surface area contributed by atoms with Crippen molar-refractivity contribution >= 4 is 23.2 Å². The Kier molecular flexibility index (Phi) is 6.61. The number of hydrogen-bond acceptors (Lipinski definition) is 3. The van der Waals surface area contributed by atoms with E-state index in [2.05, 4.69) is 26.0 Å². The molecule has 1 heterocycles. The molecule has 0 aliphatic carbocycles. The molecule has 138 valence electrons. The molecule has 0 saturated carbocycles. The van der Waals surface area contributed by atoms with Gasteiger partial charge in [-0.05, 0) is 47.4 Å². The minimum absolute atomic E-state index is 0.0350. The summed E-state index contributed by atoms with van der Waals surface area (Å²) in [6.07, 6.45) is 4.35. The third kappa shape index (κ3) is 5.93. The number of carbonyl (C=O) groups excluding carboxylic acids is 1. The summed E-state index contributed by atoms with van der Waals surface area (Å²) in [6.45, 7) is 4.93. The SMILES string of the molecule is CC(C)COc1cccc(/C=C/C(=O)c2ccc(Cc3ccccc3)s2)c1. The molecule has 0 aliphatic heterocycles. The Hall–Kier alpha value is -2.65. The molecule has 0 aliphatic rings. The van der Waals surface area contributed by atoms with Gasteiger partial charge in [-0.1, -0.05) is 62.4 Å². The topological polar surface area (TPSA) is 26.3 Å². The van der Waals surface area contributed by atoms with E-state index in [-0.39, 0.29) is 5.78 Å². The molecule has 0 unspecified atom stereocenters. The van der Waals surface area contributed by atoms with Gasteiger partial charge in [0.05, 0.1) is 11.5 Å². The van der Waals surface area contributed by atoms with Crippen LogP contribution in [0.3, 0.4) is 0 Å². The normalized spacial score (nSPS) is 11.2. The van der Waals surface area contributed by atoms with Gasteiger partial charge in [-0.15, -0.1) is 11.3 Å². The van der Waals surface area contributed by atoms with E-state index in [0.717, 1.165) is 22.6 Å². The van der Waals surface area contributed by atoms with Gasteiger partial charge in [0.25, 0.3) is 0 Å². The maximum atomic E-state index is 12.5. The van der Waals surface area contributed by atoms with Crippen LogP contribution in [0.4, 0.5) is 0 Å². The fourth-order valence-electron chi connectivity index (χ4n) is 2.63. The van der Waals surface area contributed by atoms with Crippen molar-refractivity contribution in [1.29, 1.82) is 0 Å². The predicted molar refractivity (Wildman–Crippen MR) is 114 cm³/mol. The van der Waals surface area contributed by atoms with Gasteiger partial charge in [0.15, 0.2) is 5.78 Å². The highest BCUT2D eigenvalue weighted by atomic mass is 32.1. The van der Waals surface area contributed by atoms with Crippen LogP contribution in [-0.4, -0.2) is 12.4 Å². The number of hydrogen-bond donors (Lipinski definition) is 0. The van der Waals surface area contributed by atoms with Crippen LogP contribution in [0.2, 0.25) is 0 Å². The summed E-state index contributed by atoms with van der Waals surface area (Å²) in [6, 6.07) is 22.1. The van der Waals surface area contributed by atoms with Crippen molar-refractivity contribution < 1.29 is 9.53 Å². The molecule has 0 fully saturated rings. The Labute approximate surface area is 165 Å². The summed E-state index contributed by atoms with van der Waals surface area (Å²) < 4.78 is 5.74. The van der Waals surface area contributed by atoms with E-state index in [0.29, 0.717) is 12.5 Å². The monoisotopic (exact) mass is 376 g/mol. The number of rotatable bonds is 8. The molecule has 0 amide bonds. The molecule has 1 aromatic heterocycles. The van der Waals surface area contributed by atoms with Crippen LogP contribution in [0.25, 0.3) is 6.08 Å². The lowest BCUT2D eigenvalue weighted by Gasteiger charge is -2.08. The van der Waals surface area contributed by atoms with Crippen molar-refractivity contribution in [2.45, 2.75) is 20.3 Å². The molecule has 27 heavy (non-hydrogen) atoms. The van der Waals surface area contributed by atoms with Gasteiger partial charge in [0.2, 0.25) is 0 Å². The second-order valence-electron chi connectivity index (χ2n) is 6.90. The zero-order valence-electron chi connectivity index (χ0n) is 15.7. The Morgan fingerprint density at radius 2 is 1.85 bits per heavy atom. The fraction of sp³-hybridized carbons (Fsp3) is 0.208. The molecule has 0 saturated heterocycles. The van der Waals surface area contributed by atoms with Crippen molar-refractivity contribution in [2.24, 2.45) is 5.92 Å². The molecule has 0 atom stereocenters. The third-order valence-corrected chi connectivity index (χ3v) is 5.09. The van der Waals surface area contributed by atoms with E-state index in [1.54, 1.807) is 17.4 Å². The van der Waals surface area contributed by atoms with Gasteiger partial charge < -0.3 is 4.74 Å². The van der Waals surface area contributed by atoms with E-state index < -0.39 is 0 Å². The Bertz CT molecular complexity index is 907. The first-order valence-corrected chi connectivity index (χ1v) is 10.00. The Morgan fingerprint density at radius 3 is 2.63 bits per heavy atom. The van der Waals surface area contributed by atoms with Crippen LogP contribution in [-0.2, 0) is 6.42 Å². The highest BCUT2D eigenvalue weighted by Crippen LogP contribution is 2.21. The summed E-state index contributed by atoms with van der Waals surface area (Å²) in [5.74, 6) is 1.35. The summed E-state index contributed by atoms with van der Waals surface area (Å²) in [5.41, 5.74) is 2.22. The highest BCUT2D eigenvalue weighted by molar-refractivity contribution is 7.14. The fourth-order valence-corrected chi connectivity index (χ4v) is 3.59. The number of ether oxygens (including phenoxy) is 1. The van der Waals surface area contributed by atoms with E-state index in [1.807, 2.05) is 60.7 Å². The minimum atomic E-state index is 0.0350. The van der Waals surface area contributed by atoms with Crippen molar-refractivity contribution in [3.63, 3.8) is 0 Å². The zero-order valence-corrected chi connectivity index (χ0v) is 16.5. The summed E-state index contributed by atoms with van der Waals surface area (Å²) >= 11 is 1.56. The molecule has 3 aromatic rings. The van der Waals surface area contributed by atoms with E-state index >= 15 is 0 Å². The second-order valence-corrected chi connectivity index (χ2v) is 8.07. The van der Waals surface area contributed by atoms with Gasteiger partial charge in [-0.3, -0.25) is 4.79 Å². The molecule has 3 heteroatoms. The number of thiophene rings is 1. The van der Waals surface area contributed by atoms with Gasteiger partial charge in [0, 0.05) is 11.3 Å².